The Hall–Kier alpha value is -1.13. The molecule has 0 aliphatic heterocycles. The van der Waals surface area contributed by atoms with E-state index in [1.807, 2.05) is 13.8 Å². The molecule has 1 amide bonds. The minimum atomic E-state index is -0.702. The van der Waals surface area contributed by atoms with E-state index >= 15 is 0 Å². The van der Waals surface area contributed by atoms with Gasteiger partial charge >= 0.3 is 0 Å². The summed E-state index contributed by atoms with van der Waals surface area (Å²) in [5.74, 6) is -1.20. The number of carbonyl (C=O) groups is 1. The maximum Gasteiger partial charge on any atom is 0.254 e. The number of rotatable bonds is 5. The first-order valence-corrected chi connectivity index (χ1v) is 6.32. The van der Waals surface area contributed by atoms with Gasteiger partial charge in [0.2, 0.25) is 0 Å². The summed E-state index contributed by atoms with van der Waals surface area (Å²) in [6, 6.07) is 4.33. The van der Waals surface area contributed by atoms with Crippen LogP contribution in [-0.2, 0) is 0 Å². The minimum Gasteiger partial charge on any atom is -0.350 e. The van der Waals surface area contributed by atoms with E-state index in [1.165, 1.54) is 18.2 Å². The van der Waals surface area contributed by atoms with Crippen LogP contribution in [0, 0.1) is 5.82 Å². The highest BCUT2D eigenvalue weighted by molar-refractivity contribution is 6.31. The molecule has 1 aromatic rings. The fourth-order valence-corrected chi connectivity index (χ4v) is 1.71. The Morgan fingerprint density at radius 3 is 2.61 bits per heavy atom. The van der Waals surface area contributed by atoms with Crippen LogP contribution >= 0.6 is 11.6 Å². The number of benzene rings is 1. The van der Waals surface area contributed by atoms with Crippen molar-refractivity contribution in [1.29, 1.82) is 0 Å². The van der Waals surface area contributed by atoms with E-state index in [4.69, 9.17) is 17.3 Å². The van der Waals surface area contributed by atoms with Crippen LogP contribution < -0.4 is 11.1 Å². The number of carbonyl (C=O) groups excluding carboxylic acids is 1. The van der Waals surface area contributed by atoms with Gasteiger partial charge in [-0.2, -0.15) is 0 Å². The van der Waals surface area contributed by atoms with Gasteiger partial charge in [0.1, 0.15) is 0 Å². The highest BCUT2D eigenvalue weighted by atomic mass is 35.5. The number of amides is 1. The molecule has 100 valence electrons. The van der Waals surface area contributed by atoms with Crippen LogP contribution in [0.2, 0.25) is 5.02 Å². The van der Waals surface area contributed by atoms with Crippen molar-refractivity contribution < 1.29 is 9.18 Å². The molecule has 0 aromatic heterocycles. The lowest BCUT2D eigenvalue weighted by atomic mass is 9.94. The lowest BCUT2D eigenvalue weighted by Gasteiger charge is -2.26. The zero-order valence-corrected chi connectivity index (χ0v) is 11.4. The van der Waals surface area contributed by atoms with Gasteiger partial charge in [-0.05, 0) is 25.0 Å². The van der Waals surface area contributed by atoms with E-state index < -0.39 is 17.3 Å². The zero-order valence-electron chi connectivity index (χ0n) is 10.6. The summed E-state index contributed by atoms with van der Waals surface area (Å²) >= 11 is 5.62. The molecule has 0 aliphatic rings. The highest BCUT2D eigenvalue weighted by Crippen LogP contribution is 2.18. The molecule has 0 saturated heterocycles. The Morgan fingerprint density at radius 2 is 2.06 bits per heavy atom. The molecule has 0 aliphatic carbocycles. The van der Waals surface area contributed by atoms with Gasteiger partial charge in [-0.25, -0.2) is 4.39 Å². The van der Waals surface area contributed by atoms with Crippen LogP contribution in [0.15, 0.2) is 18.2 Å². The van der Waals surface area contributed by atoms with E-state index in [1.54, 1.807) is 0 Å². The van der Waals surface area contributed by atoms with Gasteiger partial charge in [0, 0.05) is 12.1 Å². The Labute approximate surface area is 112 Å². The number of hydrogen-bond donors (Lipinski definition) is 2. The largest absolute Gasteiger partial charge is 0.350 e. The van der Waals surface area contributed by atoms with Gasteiger partial charge in [0.15, 0.2) is 5.82 Å². The maximum atomic E-state index is 13.6. The molecule has 1 aromatic carbocycles. The third-order valence-corrected chi connectivity index (χ3v) is 3.50. The first-order valence-electron chi connectivity index (χ1n) is 5.94. The molecule has 0 unspecified atom stereocenters. The highest BCUT2D eigenvalue weighted by Gasteiger charge is 2.22. The molecule has 3 N–H and O–H groups in total. The Balaban J connectivity index is 2.75. The monoisotopic (exact) mass is 272 g/mol. The van der Waals surface area contributed by atoms with Crippen molar-refractivity contribution in [2.75, 3.05) is 6.54 Å². The van der Waals surface area contributed by atoms with Crippen LogP contribution in [-0.4, -0.2) is 18.0 Å². The summed E-state index contributed by atoms with van der Waals surface area (Å²) in [7, 11) is 0. The van der Waals surface area contributed by atoms with Crippen LogP contribution in [0.25, 0.3) is 0 Å². The second-order valence-corrected chi connectivity index (χ2v) is 4.76. The molecule has 0 radical (unpaired) electrons. The molecule has 3 nitrogen and oxygen atoms in total. The third kappa shape index (κ3) is 3.43. The minimum absolute atomic E-state index is 0.0583. The number of hydrogen-bond acceptors (Lipinski definition) is 2. The third-order valence-electron chi connectivity index (χ3n) is 3.21. The summed E-state index contributed by atoms with van der Waals surface area (Å²) in [5, 5.41) is 2.58. The second-order valence-electron chi connectivity index (χ2n) is 4.35. The molecule has 1 rings (SSSR count). The van der Waals surface area contributed by atoms with E-state index in [9.17, 15) is 9.18 Å². The van der Waals surface area contributed by atoms with E-state index in [0.717, 1.165) is 12.8 Å². The summed E-state index contributed by atoms with van der Waals surface area (Å²) in [5.41, 5.74) is 5.54. The molecular formula is C13H18ClFN2O. The molecular weight excluding hydrogens is 255 g/mol. The van der Waals surface area contributed by atoms with Gasteiger partial charge in [-0.3, -0.25) is 4.79 Å². The van der Waals surface area contributed by atoms with Crippen molar-refractivity contribution in [2.45, 2.75) is 32.2 Å². The van der Waals surface area contributed by atoms with Gasteiger partial charge in [-0.1, -0.05) is 31.5 Å². The maximum absolute atomic E-state index is 13.6. The van der Waals surface area contributed by atoms with E-state index in [2.05, 4.69) is 5.32 Å². The smallest absolute Gasteiger partial charge is 0.254 e. The van der Waals surface area contributed by atoms with Gasteiger partial charge < -0.3 is 11.1 Å². The SMILES string of the molecule is CCC(N)(CC)CNC(=O)c1cccc(Cl)c1F. The molecule has 5 heteroatoms. The van der Waals surface area contributed by atoms with Crippen LogP contribution in [0.1, 0.15) is 37.0 Å². The molecule has 18 heavy (non-hydrogen) atoms. The fraction of sp³-hybridized carbons (Fsp3) is 0.462. The Morgan fingerprint density at radius 1 is 1.44 bits per heavy atom. The van der Waals surface area contributed by atoms with Crippen molar-refractivity contribution in [2.24, 2.45) is 5.73 Å². The summed E-state index contributed by atoms with van der Waals surface area (Å²) < 4.78 is 13.6. The van der Waals surface area contributed by atoms with Crippen molar-refractivity contribution in [3.05, 3.63) is 34.6 Å². The van der Waals surface area contributed by atoms with Crippen LogP contribution in [0.3, 0.4) is 0 Å². The second kappa shape index (κ2) is 6.16. The molecule has 0 fully saturated rings. The lowest BCUT2D eigenvalue weighted by Crippen LogP contribution is -2.49. The molecule has 0 spiro atoms. The van der Waals surface area contributed by atoms with E-state index in [0.29, 0.717) is 6.54 Å². The zero-order chi connectivity index (χ0) is 13.8. The average Bonchev–Trinajstić information content (AvgIpc) is 2.39. The van der Waals surface area contributed by atoms with E-state index in [-0.39, 0.29) is 10.6 Å². The molecule has 0 heterocycles. The Bertz CT molecular complexity index is 433. The summed E-state index contributed by atoms with van der Waals surface area (Å²) in [4.78, 5) is 11.8. The fourth-order valence-electron chi connectivity index (χ4n) is 1.53. The molecule has 0 atom stereocenters. The number of nitrogens with one attached hydrogen (secondary N) is 1. The first-order chi connectivity index (χ1) is 8.43. The average molecular weight is 273 g/mol. The topological polar surface area (TPSA) is 55.1 Å². The standard InChI is InChI=1S/C13H18ClFN2O/c1-3-13(16,4-2)8-17-12(18)9-6-5-7-10(14)11(9)15/h5-7H,3-4,8,16H2,1-2H3,(H,17,18). The number of nitrogens with two attached hydrogens (primary N) is 1. The summed E-state index contributed by atoms with van der Waals surface area (Å²) in [6.07, 6.45) is 1.48. The summed E-state index contributed by atoms with van der Waals surface area (Å²) in [6.45, 7) is 4.22. The first kappa shape index (κ1) is 14.9. The van der Waals surface area contributed by atoms with Crippen LogP contribution in [0.4, 0.5) is 4.39 Å². The quantitative estimate of drug-likeness (QED) is 0.866. The van der Waals surface area contributed by atoms with Crippen LogP contribution in [0.5, 0.6) is 0 Å². The van der Waals surface area contributed by atoms with Gasteiger partial charge in [0.05, 0.1) is 10.6 Å². The lowest BCUT2D eigenvalue weighted by molar-refractivity contribution is 0.0938. The normalized spacial score (nSPS) is 11.4. The van der Waals surface area contributed by atoms with Crippen molar-refractivity contribution in [3.63, 3.8) is 0 Å². The van der Waals surface area contributed by atoms with Gasteiger partial charge in [-0.15, -0.1) is 0 Å². The van der Waals surface area contributed by atoms with Crippen molar-refractivity contribution >= 4 is 17.5 Å². The molecule has 0 bridgehead atoms. The Kier molecular flexibility index (Phi) is 5.11. The predicted octanol–water partition coefficient (Wildman–Crippen LogP) is 2.73. The van der Waals surface area contributed by atoms with Gasteiger partial charge in [0.25, 0.3) is 5.91 Å². The number of halogens is 2. The van der Waals surface area contributed by atoms with Crippen molar-refractivity contribution in [3.8, 4) is 0 Å². The molecule has 0 saturated carbocycles. The van der Waals surface area contributed by atoms with Crippen molar-refractivity contribution in [1.82, 2.24) is 5.32 Å². The predicted molar refractivity (Wildman–Crippen MR) is 71.2 cm³/mol.